The van der Waals surface area contributed by atoms with Gasteiger partial charge in [-0.2, -0.15) is 0 Å². The van der Waals surface area contributed by atoms with Crippen molar-refractivity contribution < 1.29 is 0 Å². The highest BCUT2D eigenvalue weighted by molar-refractivity contribution is 6.30. The maximum Gasteiger partial charge on any atom is 0.329 e. The van der Waals surface area contributed by atoms with Gasteiger partial charge in [-0.3, -0.25) is 19.1 Å². The van der Waals surface area contributed by atoms with Gasteiger partial charge in [0.1, 0.15) is 11.3 Å². The summed E-state index contributed by atoms with van der Waals surface area (Å²) in [5, 5.41) is 0.608. The average molecular weight is 331 g/mol. The van der Waals surface area contributed by atoms with Crippen molar-refractivity contribution in [2.24, 2.45) is 7.05 Å². The minimum absolute atomic E-state index is 0.0116. The smallest absolute Gasteiger partial charge is 0.305 e. The van der Waals surface area contributed by atoms with Crippen LogP contribution in [0.25, 0.3) is 23.3 Å². The Balaban J connectivity index is 2.14. The molecule has 2 N–H and O–H groups in total. The summed E-state index contributed by atoms with van der Waals surface area (Å²) in [6, 6.07) is 7.01. The van der Waals surface area contributed by atoms with Gasteiger partial charge >= 0.3 is 5.69 Å². The normalized spacial score (nSPS) is 11.4. The predicted molar refractivity (Wildman–Crippen MR) is 88.6 cm³/mol. The molecular formula is C15H11ClN4O3. The van der Waals surface area contributed by atoms with Crippen molar-refractivity contribution in [2.75, 3.05) is 0 Å². The molecule has 0 unspecified atom stereocenters. The van der Waals surface area contributed by atoms with E-state index in [0.717, 1.165) is 10.1 Å². The molecule has 0 saturated carbocycles. The second kappa shape index (κ2) is 5.69. The van der Waals surface area contributed by atoms with Crippen molar-refractivity contribution in [3.05, 3.63) is 71.7 Å². The SMILES string of the molecule is Cn1c(=O)[nH]c(=O)c2nc(C=Cc3ccc(Cl)cc3)c(=O)[nH]c21. The first-order chi connectivity index (χ1) is 11.0. The standard InChI is InChI=1S/C15H11ClN4O3/c1-20-12-11(14(22)19-15(20)23)17-10(13(21)18-12)7-4-8-2-5-9(16)6-3-8/h2-7H,1H3,(H,18,21)(H,19,22,23). The van der Waals surface area contributed by atoms with E-state index in [4.69, 9.17) is 11.6 Å². The molecular weight excluding hydrogens is 320 g/mol. The van der Waals surface area contributed by atoms with Crippen molar-refractivity contribution in [2.45, 2.75) is 0 Å². The molecule has 0 radical (unpaired) electrons. The number of aromatic amines is 2. The highest BCUT2D eigenvalue weighted by Crippen LogP contribution is 2.11. The molecule has 3 aromatic rings. The number of fused-ring (bicyclic) bond motifs is 1. The lowest BCUT2D eigenvalue weighted by molar-refractivity contribution is 0.820. The van der Waals surface area contributed by atoms with Gasteiger partial charge in [0, 0.05) is 12.1 Å². The minimum atomic E-state index is -0.652. The second-order valence-electron chi connectivity index (χ2n) is 4.85. The highest BCUT2D eigenvalue weighted by Gasteiger charge is 2.09. The van der Waals surface area contributed by atoms with Gasteiger partial charge in [0.15, 0.2) is 5.52 Å². The lowest BCUT2D eigenvalue weighted by Crippen LogP contribution is -2.31. The zero-order valence-corrected chi connectivity index (χ0v) is 12.7. The molecule has 116 valence electrons. The van der Waals surface area contributed by atoms with E-state index in [1.165, 1.54) is 13.1 Å². The molecule has 0 saturated heterocycles. The molecule has 0 atom stereocenters. The average Bonchev–Trinajstić information content (AvgIpc) is 2.53. The number of nitrogens with zero attached hydrogens (tertiary/aromatic N) is 2. The summed E-state index contributed by atoms with van der Waals surface area (Å²) >= 11 is 5.81. The fourth-order valence-electron chi connectivity index (χ4n) is 2.06. The Labute approximate surface area is 133 Å². The first-order valence-electron chi connectivity index (χ1n) is 6.63. The lowest BCUT2D eigenvalue weighted by atomic mass is 10.2. The van der Waals surface area contributed by atoms with E-state index in [0.29, 0.717) is 5.02 Å². The van der Waals surface area contributed by atoms with Crippen LogP contribution in [0, 0.1) is 0 Å². The monoisotopic (exact) mass is 330 g/mol. The number of hydrogen-bond acceptors (Lipinski definition) is 4. The first-order valence-corrected chi connectivity index (χ1v) is 7.00. The van der Waals surface area contributed by atoms with Crippen LogP contribution < -0.4 is 16.8 Å². The van der Waals surface area contributed by atoms with Crippen LogP contribution in [0.1, 0.15) is 11.3 Å². The number of benzene rings is 1. The molecule has 0 spiro atoms. The topological polar surface area (TPSA) is 101 Å². The molecule has 3 rings (SSSR count). The summed E-state index contributed by atoms with van der Waals surface area (Å²) in [6.45, 7) is 0. The van der Waals surface area contributed by atoms with Crippen molar-refractivity contribution in [3.63, 3.8) is 0 Å². The maximum absolute atomic E-state index is 12.1. The third-order valence-corrected chi connectivity index (χ3v) is 3.55. The van der Waals surface area contributed by atoms with E-state index in [-0.39, 0.29) is 16.9 Å². The molecule has 0 bridgehead atoms. The number of aryl methyl sites for hydroxylation is 1. The van der Waals surface area contributed by atoms with Crippen LogP contribution >= 0.6 is 11.6 Å². The van der Waals surface area contributed by atoms with E-state index >= 15 is 0 Å². The van der Waals surface area contributed by atoms with Crippen LogP contribution in [0.2, 0.25) is 5.02 Å². The number of hydrogen-bond donors (Lipinski definition) is 2. The van der Waals surface area contributed by atoms with E-state index in [2.05, 4.69) is 15.0 Å². The van der Waals surface area contributed by atoms with Crippen LogP contribution in [0.5, 0.6) is 0 Å². The summed E-state index contributed by atoms with van der Waals surface area (Å²) in [7, 11) is 1.43. The molecule has 0 aliphatic rings. The van der Waals surface area contributed by atoms with Crippen molar-refractivity contribution in [1.29, 1.82) is 0 Å². The number of halogens is 1. The molecule has 23 heavy (non-hydrogen) atoms. The molecule has 0 fully saturated rings. The van der Waals surface area contributed by atoms with Gasteiger partial charge < -0.3 is 4.98 Å². The molecule has 2 heterocycles. The molecule has 2 aromatic heterocycles. The van der Waals surface area contributed by atoms with Crippen LogP contribution in [0.4, 0.5) is 0 Å². The summed E-state index contributed by atoms with van der Waals surface area (Å²) < 4.78 is 1.12. The Bertz CT molecular complexity index is 1090. The van der Waals surface area contributed by atoms with Gasteiger partial charge in [-0.1, -0.05) is 29.8 Å². The van der Waals surface area contributed by atoms with Gasteiger partial charge in [-0.15, -0.1) is 0 Å². The van der Waals surface area contributed by atoms with Crippen molar-refractivity contribution in [3.8, 4) is 0 Å². The van der Waals surface area contributed by atoms with Gasteiger partial charge in [-0.05, 0) is 23.8 Å². The minimum Gasteiger partial charge on any atom is -0.305 e. The van der Waals surface area contributed by atoms with Crippen LogP contribution in [-0.4, -0.2) is 19.5 Å². The Morgan fingerprint density at radius 3 is 2.43 bits per heavy atom. The number of rotatable bonds is 2. The Kier molecular flexibility index (Phi) is 3.71. The number of H-pyrrole nitrogens is 2. The highest BCUT2D eigenvalue weighted by atomic mass is 35.5. The zero-order chi connectivity index (χ0) is 16.6. The summed E-state index contributed by atoms with van der Waals surface area (Å²) in [5.74, 6) is 0. The molecule has 0 aliphatic heterocycles. The van der Waals surface area contributed by atoms with E-state index in [1.807, 2.05) is 0 Å². The first kappa shape index (κ1) is 15.0. The number of aromatic nitrogens is 4. The number of nitrogens with one attached hydrogen (secondary N) is 2. The summed E-state index contributed by atoms with van der Waals surface area (Å²) in [6.07, 6.45) is 3.17. The molecule has 7 nitrogen and oxygen atoms in total. The Morgan fingerprint density at radius 1 is 1.04 bits per heavy atom. The van der Waals surface area contributed by atoms with E-state index in [1.54, 1.807) is 30.3 Å². The fourth-order valence-corrected chi connectivity index (χ4v) is 2.19. The van der Waals surface area contributed by atoms with Gasteiger partial charge in [-0.25, -0.2) is 9.78 Å². The van der Waals surface area contributed by atoms with Gasteiger partial charge in [0.05, 0.1) is 0 Å². The zero-order valence-electron chi connectivity index (χ0n) is 12.0. The molecule has 0 aliphatic carbocycles. The maximum atomic E-state index is 12.1. The third-order valence-electron chi connectivity index (χ3n) is 3.30. The van der Waals surface area contributed by atoms with Crippen LogP contribution in [0.15, 0.2) is 38.6 Å². The third kappa shape index (κ3) is 2.86. The quantitative estimate of drug-likeness (QED) is 0.735. The van der Waals surface area contributed by atoms with Crippen LogP contribution in [0.3, 0.4) is 0 Å². The summed E-state index contributed by atoms with van der Waals surface area (Å²) in [5.41, 5.74) is -0.815. The Morgan fingerprint density at radius 2 is 1.74 bits per heavy atom. The largest absolute Gasteiger partial charge is 0.329 e. The second-order valence-corrected chi connectivity index (χ2v) is 5.29. The fraction of sp³-hybridized carbons (Fsp3) is 0.0667. The molecule has 1 aromatic carbocycles. The molecule has 0 amide bonds. The van der Waals surface area contributed by atoms with E-state index < -0.39 is 16.8 Å². The van der Waals surface area contributed by atoms with Gasteiger partial charge in [0.25, 0.3) is 11.1 Å². The lowest BCUT2D eigenvalue weighted by Gasteiger charge is -2.03. The Hall–Kier alpha value is -2.93. The summed E-state index contributed by atoms with van der Waals surface area (Å²) in [4.78, 5) is 44.1. The van der Waals surface area contributed by atoms with Crippen molar-refractivity contribution in [1.82, 2.24) is 19.5 Å². The van der Waals surface area contributed by atoms with E-state index in [9.17, 15) is 14.4 Å². The predicted octanol–water partition coefficient (Wildman–Crippen LogP) is 1.13. The van der Waals surface area contributed by atoms with Crippen molar-refractivity contribution >= 4 is 34.9 Å². The van der Waals surface area contributed by atoms with Gasteiger partial charge in [0.2, 0.25) is 0 Å². The molecule has 8 heteroatoms. The van der Waals surface area contributed by atoms with Crippen LogP contribution in [-0.2, 0) is 7.05 Å².